The third kappa shape index (κ3) is 2.90. The summed E-state index contributed by atoms with van der Waals surface area (Å²) in [6, 6.07) is 13.7. The van der Waals surface area contributed by atoms with E-state index < -0.39 is 0 Å². The van der Waals surface area contributed by atoms with E-state index in [0.717, 1.165) is 15.0 Å². The Labute approximate surface area is 155 Å². The molecule has 0 unspecified atom stereocenters. The summed E-state index contributed by atoms with van der Waals surface area (Å²) in [5.41, 5.74) is 2.40. The van der Waals surface area contributed by atoms with Gasteiger partial charge in [-0.3, -0.25) is 4.90 Å². The van der Waals surface area contributed by atoms with Gasteiger partial charge < -0.3 is 4.42 Å². The molecule has 0 N–H and O–H groups in total. The molecule has 0 aliphatic rings. The molecule has 2 heterocycles. The predicted octanol–water partition coefficient (Wildman–Crippen LogP) is 5.53. The van der Waals surface area contributed by atoms with Crippen LogP contribution < -0.4 is 4.90 Å². The summed E-state index contributed by atoms with van der Waals surface area (Å²) < 4.78 is 6.78. The average Bonchev–Trinajstić information content (AvgIpc) is 3.21. The summed E-state index contributed by atoms with van der Waals surface area (Å²) in [5, 5.41) is 10.6. The van der Waals surface area contributed by atoms with Crippen molar-refractivity contribution < 1.29 is 4.42 Å². The molecule has 0 fully saturated rings. The summed E-state index contributed by atoms with van der Waals surface area (Å²) >= 11 is 10.9. The summed E-state index contributed by atoms with van der Waals surface area (Å²) in [6.07, 6.45) is 0. The van der Waals surface area contributed by atoms with Gasteiger partial charge in [-0.1, -0.05) is 51.0 Å². The number of aromatic nitrogens is 3. The molecule has 2 aromatic carbocycles. The second kappa shape index (κ2) is 6.16. The van der Waals surface area contributed by atoms with Crippen LogP contribution in [-0.2, 0) is 0 Å². The van der Waals surface area contributed by atoms with Crippen molar-refractivity contribution in [3.8, 4) is 10.6 Å². The van der Waals surface area contributed by atoms with Gasteiger partial charge in [-0.15, -0.1) is 10.2 Å². The lowest BCUT2D eigenvalue weighted by Gasteiger charge is -2.08. The molecule has 0 aliphatic heterocycles. The number of oxazole rings is 1. The highest BCUT2D eigenvalue weighted by molar-refractivity contribution is 9.10. The minimum Gasteiger partial charge on any atom is -0.423 e. The molecule has 5 nitrogen and oxygen atoms in total. The quantitative estimate of drug-likeness (QED) is 0.435. The Morgan fingerprint density at radius 3 is 2.71 bits per heavy atom. The number of hydrogen-bond acceptors (Lipinski definition) is 6. The fraction of sp³-hybridized carbons (Fsp3) is 0.0625. The second-order valence-electron chi connectivity index (χ2n) is 5.06. The SMILES string of the molecule is CN(c1nc2cc(Cl)ccc2o1)c1nnc(-c2ccc(Br)cc2)s1. The fourth-order valence-corrected chi connectivity index (χ4v) is 3.41. The van der Waals surface area contributed by atoms with Crippen molar-refractivity contribution in [2.75, 3.05) is 11.9 Å². The van der Waals surface area contributed by atoms with Gasteiger partial charge in [0.2, 0.25) is 5.13 Å². The largest absolute Gasteiger partial charge is 0.423 e. The first-order valence-electron chi connectivity index (χ1n) is 6.99. The number of nitrogens with zero attached hydrogens (tertiary/aromatic N) is 4. The van der Waals surface area contributed by atoms with Crippen LogP contribution in [0, 0.1) is 0 Å². The van der Waals surface area contributed by atoms with Crippen LogP contribution in [-0.4, -0.2) is 22.2 Å². The predicted molar refractivity (Wildman–Crippen MR) is 100 cm³/mol. The van der Waals surface area contributed by atoms with Crippen LogP contribution in [0.1, 0.15) is 0 Å². The Morgan fingerprint density at radius 1 is 1.12 bits per heavy atom. The highest BCUT2D eigenvalue weighted by Crippen LogP contribution is 2.33. The van der Waals surface area contributed by atoms with E-state index in [-0.39, 0.29) is 0 Å². The Balaban J connectivity index is 1.66. The van der Waals surface area contributed by atoms with Gasteiger partial charge in [-0.25, -0.2) is 0 Å². The number of benzene rings is 2. The Morgan fingerprint density at radius 2 is 1.92 bits per heavy atom. The molecule has 0 saturated carbocycles. The van der Waals surface area contributed by atoms with E-state index in [1.165, 1.54) is 11.3 Å². The maximum atomic E-state index is 5.99. The Bertz CT molecular complexity index is 1010. The smallest absolute Gasteiger partial charge is 0.304 e. The first-order chi connectivity index (χ1) is 11.6. The minimum absolute atomic E-state index is 0.450. The molecule has 4 aromatic rings. The third-order valence-electron chi connectivity index (χ3n) is 3.42. The molecule has 4 rings (SSSR count). The number of fused-ring (bicyclic) bond motifs is 1. The molecule has 0 radical (unpaired) electrons. The molecule has 8 heteroatoms. The number of anilines is 2. The zero-order chi connectivity index (χ0) is 16.7. The van der Waals surface area contributed by atoms with Crippen molar-refractivity contribution in [1.29, 1.82) is 0 Å². The molecule has 2 aromatic heterocycles. The average molecular weight is 422 g/mol. The fourth-order valence-electron chi connectivity index (χ4n) is 2.17. The maximum Gasteiger partial charge on any atom is 0.304 e. The van der Waals surface area contributed by atoms with Crippen molar-refractivity contribution in [3.63, 3.8) is 0 Å². The van der Waals surface area contributed by atoms with Gasteiger partial charge in [0.25, 0.3) is 0 Å². The van der Waals surface area contributed by atoms with Gasteiger partial charge in [0, 0.05) is 22.1 Å². The van der Waals surface area contributed by atoms with Crippen LogP contribution in [0.4, 0.5) is 11.1 Å². The van der Waals surface area contributed by atoms with Crippen molar-refractivity contribution in [3.05, 3.63) is 52.0 Å². The highest BCUT2D eigenvalue weighted by atomic mass is 79.9. The van der Waals surface area contributed by atoms with Crippen molar-refractivity contribution in [2.45, 2.75) is 0 Å². The van der Waals surface area contributed by atoms with Gasteiger partial charge in [-0.05, 0) is 30.3 Å². The van der Waals surface area contributed by atoms with Crippen LogP contribution in [0.25, 0.3) is 21.7 Å². The van der Waals surface area contributed by atoms with Crippen LogP contribution in [0.2, 0.25) is 5.02 Å². The first kappa shape index (κ1) is 15.6. The van der Waals surface area contributed by atoms with E-state index in [9.17, 15) is 0 Å². The van der Waals surface area contributed by atoms with Gasteiger partial charge >= 0.3 is 6.01 Å². The third-order valence-corrected chi connectivity index (χ3v) is 5.23. The highest BCUT2D eigenvalue weighted by Gasteiger charge is 2.17. The standard InChI is InChI=1S/C16H10BrClN4OS/c1-22(15-19-12-8-11(18)6-7-13(12)23-15)16-21-20-14(24-16)9-2-4-10(17)5-3-9/h2-8H,1H3. The minimum atomic E-state index is 0.450. The zero-order valence-corrected chi connectivity index (χ0v) is 15.6. The normalized spacial score (nSPS) is 11.1. The van der Waals surface area contributed by atoms with Crippen molar-refractivity contribution >= 4 is 61.1 Å². The molecule has 0 aliphatic carbocycles. The van der Waals surface area contributed by atoms with Gasteiger partial charge in [0.1, 0.15) is 10.5 Å². The monoisotopic (exact) mass is 420 g/mol. The molecule has 0 atom stereocenters. The van der Waals surface area contributed by atoms with Crippen LogP contribution in [0.3, 0.4) is 0 Å². The summed E-state index contributed by atoms with van der Waals surface area (Å²) in [4.78, 5) is 6.22. The molecule has 24 heavy (non-hydrogen) atoms. The molecular weight excluding hydrogens is 412 g/mol. The maximum absolute atomic E-state index is 5.99. The van der Waals surface area contributed by atoms with Crippen LogP contribution in [0.5, 0.6) is 0 Å². The molecular formula is C16H10BrClN4OS. The van der Waals surface area contributed by atoms with Crippen LogP contribution >= 0.6 is 38.9 Å². The first-order valence-corrected chi connectivity index (χ1v) is 8.98. The van der Waals surface area contributed by atoms with E-state index in [2.05, 4.69) is 31.1 Å². The van der Waals surface area contributed by atoms with Crippen molar-refractivity contribution in [2.24, 2.45) is 0 Å². The molecule has 0 spiro atoms. The van der Waals surface area contributed by atoms with E-state index in [0.29, 0.717) is 27.3 Å². The topological polar surface area (TPSA) is 55.1 Å². The summed E-state index contributed by atoms with van der Waals surface area (Å²) in [5.74, 6) is 0. The van der Waals surface area contributed by atoms with Crippen molar-refractivity contribution in [1.82, 2.24) is 15.2 Å². The molecule has 0 amide bonds. The molecule has 0 saturated heterocycles. The van der Waals surface area contributed by atoms with Crippen LogP contribution in [0.15, 0.2) is 51.4 Å². The van der Waals surface area contributed by atoms with E-state index in [1.807, 2.05) is 31.3 Å². The van der Waals surface area contributed by atoms with E-state index >= 15 is 0 Å². The summed E-state index contributed by atoms with van der Waals surface area (Å²) in [6.45, 7) is 0. The lowest BCUT2D eigenvalue weighted by molar-refractivity contribution is 0.602. The zero-order valence-electron chi connectivity index (χ0n) is 12.4. The lowest BCUT2D eigenvalue weighted by atomic mass is 10.2. The van der Waals surface area contributed by atoms with Gasteiger partial charge in [0.05, 0.1) is 0 Å². The van der Waals surface area contributed by atoms with Gasteiger partial charge in [-0.2, -0.15) is 4.98 Å². The molecule has 120 valence electrons. The number of halogens is 2. The molecule has 0 bridgehead atoms. The van der Waals surface area contributed by atoms with E-state index in [4.69, 9.17) is 16.0 Å². The second-order valence-corrected chi connectivity index (χ2v) is 7.37. The van der Waals surface area contributed by atoms with E-state index in [1.54, 1.807) is 23.1 Å². The number of hydrogen-bond donors (Lipinski definition) is 0. The van der Waals surface area contributed by atoms with Gasteiger partial charge in [0.15, 0.2) is 5.58 Å². The summed E-state index contributed by atoms with van der Waals surface area (Å²) in [7, 11) is 1.85. The Hall–Kier alpha value is -1.96. The Kier molecular flexibility index (Phi) is 3.99. The lowest BCUT2D eigenvalue weighted by Crippen LogP contribution is -2.09. The number of rotatable bonds is 3.